The van der Waals surface area contributed by atoms with Gasteiger partial charge >= 0.3 is 29.6 Å². The molecular formula is C15H33N2NaO3S. The fourth-order valence-corrected chi connectivity index (χ4v) is 3.63. The van der Waals surface area contributed by atoms with Gasteiger partial charge < -0.3 is 11.1 Å². The number of hydrogen-bond acceptors (Lipinski definition) is 4. The van der Waals surface area contributed by atoms with E-state index in [0.29, 0.717) is 12.6 Å². The van der Waals surface area contributed by atoms with Gasteiger partial charge in [0.2, 0.25) is 0 Å². The molecule has 0 aromatic heterocycles. The summed E-state index contributed by atoms with van der Waals surface area (Å²) in [6, 6.07) is 0.424. The molecule has 1 aliphatic carbocycles. The molecule has 0 aromatic rings. The van der Waals surface area contributed by atoms with E-state index in [9.17, 15) is 8.42 Å². The van der Waals surface area contributed by atoms with Gasteiger partial charge in [-0.3, -0.25) is 4.55 Å². The maximum atomic E-state index is 10.6. The van der Waals surface area contributed by atoms with Crippen LogP contribution in [0.3, 0.4) is 0 Å². The molecule has 22 heavy (non-hydrogen) atoms. The Morgan fingerprint density at radius 3 is 2.41 bits per heavy atom. The number of rotatable bonds is 10. The van der Waals surface area contributed by atoms with Crippen LogP contribution < -0.4 is 11.1 Å². The Hall–Kier alpha value is 0.830. The van der Waals surface area contributed by atoms with Gasteiger partial charge in [0.1, 0.15) is 0 Å². The maximum absolute atomic E-state index is 10.6. The molecule has 0 spiro atoms. The van der Waals surface area contributed by atoms with E-state index in [-0.39, 0.29) is 35.3 Å². The molecule has 0 radical (unpaired) electrons. The standard InChI is InChI=1S/C15H32N2O3S.Na.H/c1-2-13(12-14-5-7-15(16)8-6-14)4-3-9-17-10-11-21(18,19)20;;/h13-15,17H,2-12,16H2,1H3,(H,18,19,20);;. The molecule has 1 atom stereocenters. The Kier molecular flexibility index (Phi) is 12.7. The Bertz CT molecular complexity index is 371. The Labute approximate surface area is 158 Å². The molecule has 0 heterocycles. The zero-order valence-corrected chi connectivity index (χ0v) is 14.1. The van der Waals surface area contributed by atoms with Crippen molar-refractivity contribution in [3.05, 3.63) is 0 Å². The predicted molar refractivity (Wildman–Crippen MR) is 94.0 cm³/mol. The monoisotopic (exact) mass is 344 g/mol. The average molecular weight is 344 g/mol. The summed E-state index contributed by atoms with van der Waals surface area (Å²) in [6.45, 7) is 3.41. The first-order valence-corrected chi connectivity index (χ1v) is 9.93. The second-order valence-corrected chi connectivity index (χ2v) is 8.04. The average Bonchev–Trinajstić information content (AvgIpc) is 2.42. The molecule has 1 aliphatic rings. The molecule has 5 nitrogen and oxygen atoms in total. The van der Waals surface area contributed by atoms with Crippen molar-refractivity contribution in [2.24, 2.45) is 17.6 Å². The summed E-state index contributed by atoms with van der Waals surface area (Å²) in [7, 11) is -3.83. The summed E-state index contributed by atoms with van der Waals surface area (Å²) in [6.07, 6.45) is 9.71. The zero-order valence-electron chi connectivity index (χ0n) is 13.3. The molecule has 1 unspecified atom stereocenters. The van der Waals surface area contributed by atoms with Gasteiger partial charge in [0.25, 0.3) is 10.1 Å². The van der Waals surface area contributed by atoms with Gasteiger partial charge in [0.05, 0.1) is 5.75 Å². The fourth-order valence-electron chi connectivity index (χ4n) is 3.23. The normalized spacial score (nSPS) is 23.8. The van der Waals surface area contributed by atoms with Crippen LogP contribution in [0.15, 0.2) is 0 Å². The molecule has 0 aromatic carbocycles. The van der Waals surface area contributed by atoms with E-state index in [0.717, 1.165) is 24.8 Å². The van der Waals surface area contributed by atoms with E-state index in [1.54, 1.807) is 0 Å². The first-order chi connectivity index (χ1) is 9.90. The first-order valence-electron chi connectivity index (χ1n) is 8.32. The Balaban J connectivity index is 0.00000441. The van der Waals surface area contributed by atoms with Gasteiger partial charge in [-0.25, -0.2) is 0 Å². The minimum absolute atomic E-state index is 0. The van der Waals surface area contributed by atoms with E-state index in [1.807, 2.05) is 0 Å². The Morgan fingerprint density at radius 1 is 1.23 bits per heavy atom. The van der Waals surface area contributed by atoms with Gasteiger partial charge in [-0.15, -0.1) is 0 Å². The van der Waals surface area contributed by atoms with Crippen molar-refractivity contribution in [2.45, 2.75) is 64.3 Å². The van der Waals surface area contributed by atoms with Crippen molar-refractivity contribution < 1.29 is 13.0 Å². The molecule has 7 heteroatoms. The summed E-state index contributed by atoms with van der Waals surface area (Å²) in [5.41, 5.74) is 5.95. The molecule has 4 N–H and O–H groups in total. The molecule has 1 rings (SSSR count). The van der Waals surface area contributed by atoms with Crippen molar-refractivity contribution >= 4 is 39.7 Å². The van der Waals surface area contributed by atoms with Crippen LogP contribution in [0.1, 0.15) is 58.3 Å². The summed E-state index contributed by atoms with van der Waals surface area (Å²) in [5, 5.41) is 3.08. The van der Waals surface area contributed by atoms with Crippen LogP contribution in [0.4, 0.5) is 0 Å². The van der Waals surface area contributed by atoms with E-state index < -0.39 is 10.1 Å². The fraction of sp³-hybridized carbons (Fsp3) is 1.00. The van der Waals surface area contributed by atoms with E-state index in [4.69, 9.17) is 10.3 Å². The van der Waals surface area contributed by atoms with Gasteiger partial charge in [-0.1, -0.05) is 13.3 Å². The van der Waals surface area contributed by atoms with Crippen LogP contribution in [-0.4, -0.2) is 67.4 Å². The van der Waals surface area contributed by atoms with E-state index in [2.05, 4.69) is 12.2 Å². The number of nitrogens with two attached hydrogens (primary N) is 1. The molecule has 128 valence electrons. The van der Waals surface area contributed by atoms with Crippen molar-refractivity contribution in [1.29, 1.82) is 0 Å². The molecule has 0 bridgehead atoms. The van der Waals surface area contributed by atoms with Gasteiger partial charge in [-0.05, 0) is 63.3 Å². The first kappa shape index (κ1) is 22.8. The SMILES string of the molecule is CCC(CCCNCCS(=O)(=O)O)CC1CCC(N)CC1.[NaH]. The van der Waals surface area contributed by atoms with Crippen LogP contribution in [0.5, 0.6) is 0 Å². The predicted octanol–water partition coefficient (Wildman–Crippen LogP) is 1.53. The third-order valence-electron chi connectivity index (χ3n) is 4.64. The van der Waals surface area contributed by atoms with Crippen LogP contribution in [0.2, 0.25) is 0 Å². The molecule has 0 aliphatic heterocycles. The third kappa shape index (κ3) is 11.4. The van der Waals surface area contributed by atoms with Crippen LogP contribution in [-0.2, 0) is 10.1 Å². The van der Waals surface area contributed by atoms with Crippen molar-refractivity contribution in [3.63, 3.8) is 0 Å². The third-order valence-corrected chi connectivity index (χ3v) is 5.36. The zero-order chi connectivity index (χ0) is 15.7. The number of nitrogens with one attached hydrogen (secondary N) is 1. The summed E-state index contributed by atoms with van der Waals surface area (Å²) < 4.78 is 29.8. The minimum atomic E-state index is -3.83. The quantitative estimate of drug-likeness (QED) is 0.317. The molecule has 0 saturated heterocycles. The topological polar surface area (TPSA) is 92.4 Å². The summed E-state index contributed by atoms with van der Waals surface area (Å²) >= 11 is 0. The van der Waals surface area contributed by atoms with Crippen LogP contribution >= 0.6 is 0 Å². The van der Waals surface area contributed by atoms with Gasteiger partial charge in [0, 0.05) is 12.6 Å². The van der Waals surface area contributed by atoms with Gasteiger partial charge in [-0.2, -0.15) is 8.42 Å². The molecule has 1 fully saturated rings. The van der Waals surface area contributed by atoms with E-state index in [1.165, 1.54) is 44.9 Å². The number of hydrogen-bond donors (Lipinski definition) is 3. The molecular weight excluding hydrogens is 311 g/mol. The van der Waals surface area contributed by atoms with Gasteiger partial charge in [0.15, 0.2) is 0 Å². The molecule has 0 amide bonds. The second-order valence-electron chi connectivity index (χ2n) is 6.47. The second kappa shape index (κ2) is 12.2. The van der Waals surface area contributed by atoms with Crippen molar-refractivity contribution in [1.82, 2.24) is 5.32 Å². The van der Waals surface area contributed by atoms with Crippen molar-refractivity contribution in [3.8, 4) is 0 Å². The van der Waals surface area contributed by atoms with Crippen LogP contribution in [0, 0.1) is 11.8 Å². The Morgan fingerprint density at radius 2 is 1.86 bits per heavy atom. The summed E-state index contributed by atoms with van der Waals surface area (Å²) in [4.78, 5) is 0. The summed E-state index contributed by atoms with van der Waals surface area (Å²) in [5.74, 6) is 1.42. The molecule has 1 saturated carbocycles. The van der Waals surface area contributed by atoms with Crippen molar-refractivity contribution in [2.75, 3.05) is 18.8 Å². The van der Waals surface area contributed by atoms with Crippen LogP contribution in [0.25, 0.3) is 0 Å². The van der Waals surface area contributed by atoms with E-state index >= 15 is 0 Å².